The number of hydrogen-bond acceptors (Lipinski definition) is 3. The second-order valence-corrected chi connectivity index (χ2v) is 5.81. The van der Waals surface area contributed by atoms with E-state index in [0.717, 1.165) is 31.6 Å². The van der Waals surface area contributed by atoms with Crippen LogP contribution >= 0.6 is 0 Å². The van der Waals surface area contributed by atoms with Gasteiger partial charge in [0.2, 0.25) is 0 Å². The lowest BCUT2D eigenvalue weighted by atomic mass is 9.99. The lowest BCUT2D eigenvalue weighted by molar-refractivity contribution is 0.435. The number of nitrogens with zero attached hydrogens (tertiary/aromatic N) is 2. The SMILES string of the molecule is CC1CCN(c2ncccc2CNC2CC2)CC1. The van der Waals surface area contributed by atoms with E-state index in [4.69, 9.17) is 0 Å². The second kappa shape index (κ2) is 5.27. The molecule has 0 atom stereocenters. The summed E-state index contributed by atoms with van der Waals surface area (Å²) >= 11 is 0. The van der Waals surface area contributed by atoms with Crippen LogP contribution in [0.25, 0.3) is 0 Å². The van der Waals surface area contributed by atoms with E-state index in [9.17, 15) is 0 Å². The Balaban J connectivity index is 1.69. The fraction of sp³-hybridized carbons (Fsp3) is 0.667. The van der Waals surface area contributed by atoms with Gasteiger partial charge in [-0.3, -0.25) is 0 Å². The van der Waals surface area contributed by atoms with Crippen LogP contribution in [0, 0.1) is 5.92 Å². The highest BCUT2D eigenvalue weighted by Gasteiger charge is 2.22. The lowest BCUT2D eigenvalue weighted by Crippen LogP contribution is -2.34. The number of nitrogens with one attached hydrogen (secondary N) is 1. The molecule has 3 heteroatoms. The van der Waals surface area contributed by atoms with Gasteiger partial charge in [-0.25, -0.2) is 4.98 Å². The van der Waals surface area contributed by atoms with E-state index in [-0.39, 0.29) is 0 Å². The van der Waals surface area contributed by atoms with Crippen molar-refractivity contribution < 1.29 is 0 Å². The number of aromatic nitrogens is 1. The Labute approximate surface area is 110 Å². The molecule has 1 aliphatic heterocycles. The highest BCUT2D eigenvalue weighted by molar-refractivity contribution is 5.47. The zero-order valence-corrected chi connectivity index (χ0v) is 11.2. The van der Waals surface area contributed by atoms with Crippen molar-refractivity contribution in [1.29, 1.82) is 0 Å². The first kappa shape index (κ1) is 12.0. The number of piperidine rings is 1. The van der Waals surface area contributed by atoms with E-state index >= 15 is 0 Å². The zero-order chi connectivity index (χ0) is 12.4. The minimum atomic E-state index is 0.763. The highest BCUT2D eigenvalue weighted by Crippen LogP contribution is 2.25. The van der Waals surface area contributed by atoms with Crippen molar-refractivity contribution in [2.75, 3.05) is 18.0 Å². The maximum atomic E-state index is 4.61. The number of hydrogen-bond donors (Lipinski definition) is 1. The van der Waals surface area contributed by atoms with Crippen molar-refractivity contribution in [2.24, 2.45) is 5.92 Å². The molecule has 1 aromatic rings. The van der Waals surface area contributed by atoms with Crippen LogP contribution in [0.2, 0.25) is 0 Å². The molecule has 98 valence electrons. The molecule has 0 aromatic carbocycles. The van der Waals surface area contributed by atoms with Crippen LogP contribution in [-0.2, 0) is 6.54 Å². The average Bonchev–Trinajstić information content (AvgIpc) is 3.22. The van der Waals surface area contributed by atoms with Gasteiger partial charge in [-0.05, 0) is 37.7 Å². The van der Waals surface area contributed by atoms with E-state index in [0.29, 0.717) is 0 Å². The quantitative estimate of drug-likeness (QED) is 0.883. The van der Waals surface area contributed by atoms with Crippen molar-refractivity contribution in [3.63, 3.8) is 0 Å². The van der Waals surface area contributed by atoms with Crippen LogP contribution in [-0.4, -0.2) is 24.1 Å². The van der Waals surface area contributed by atoms with Crippen LogP contribution < -0.4 is 10.2 Å². The number of anilines is 1. The molecule has 3 rings (SSSR count). The van der Waals surface area contributed by atoms with E-state index in [1.54, 1.807) is 0 Å². The standard InChI is InChI=1S/C15H23N3/c1-12-6-9-18(10-7-12)15-13(3-2-8-16-15)11-17-14-4-5-14/h2-3,8,12,14,17H,4-7,9-11H2,1H3. The third kappa shape index (κ3) is 2.83. The Morgan fingerprint density at radius 1 is 1.28 bits per heavy atom. The fourth-order valence-corrected chi connectivity index (χ4v) is 2.62. The minimum Gasteiger partial charge on any atom is -0.356 e. The van der Waals surface area contributed by atoms with E-state index in [2.05, 4.69) is 34.3 Å². The fourth-order valence-electron chi connectivity index (χ4n) is 2.62. The van der Waals surface area contributed by atoms with Gasteiger partial charge in [-0.15, -0.1) is 0 Å². The third-order valence-corrected chi connectivity index (χ3v) is 4.11. The van der Waals surface area contributed by atoms with E-state index in [1.807, 2.05) is 6.20 Å². The van der Waals surface area contributed by atoms with Crippen molar-refractivity contribution in [3.8, 4) is 0 Å². The molecule has 18 heavy (non-hydrogen) atoms. The Morgan fingerprint density at radius 2 is 2.06 bits per heavy atom. The summed E-state index contributed by atoms with van der Waals surface area (Å²) in [7, 11) is 0. The molecule has 1 aliphatic carbocycles. The van der Waals surface area contributed by atoms with Crippen molar-refractivity contribution >= 4 is 5.82 Å². The van der Waals surface area contributed by atoms with Gasteiger partial charge in [0.25, 0.3) is 0 Å². The molecule has 0 unspecified atom stereocenters. The van der Waals surface area contributed by atoms with Crippen LogP contribution in [0.15, 0.2) is 18.3 Å². The summed E-state index contributed by atoms with van der Waals surface area (Å²) in [6.07, 6.45) is 7.21. The Bertz CT molecular complexity index is 392. The maximum Gasteiger partial charge on any atom is 0.133 e. The zero-order valence-electron chi connectivity index (χ0n) is 11.2. The molecule has 0 spiro atoms. The van der Waals surface area contributed by atoms with Gasteiger partial charge in [0.15, 0.2) is 0 Å². The van der Waals surface area contributed by atoms with Gasteiger partial charge in [0, 0.05) is 37.4 Å². The second-order valence-electron chi connectivity index (χ2n) is 5.81. The summed E-state index contributed by atoms with van der Waals surface area (Å²) in [6, 6.07) is 5.04. The Morgan fingerprint density at radius 3 is 2.78 bits per heavy atom. The van der Waals surface area contributed by atoms with Crippen molar-refractivity contribution in [1.82, 2.24) is 10.3 Å². The molecule has 2 heterocycles. The van der Waals surface area contributed by atoms with Crippen molar-refractivity contribution in [2.45, 2.75) is 45.2 Å². The molecule has 3 nitrogen and oxygen atoms in total. The molecule has 1 saturated heterocycles. The molecule has 1 N–H and O–H groups in total. The Kier molecular flexibility index (Phi) is 3.50. The number of rotatable bonds is 4. The minimum absolute atomic E-state index is 0.763. The van der Waals surface area contributed by atoms with Crippen LogP contribution in [0.3, 0.4) is 0 Å². The summed E-state index contributed by atoms with van der Waals surface area (Å²) in [4.78, 5) is 7.07. The van der Waals surface area contributed by atoms with Gasteiger partial charge in [0.1, 0.15) is 5.82 Å². The molecule has 0 bridgehead atoms. The first-order valence-electron chi connectivity index (χ1n) is 7.25. The Hall–Kier alpha value is -1.09. The highest BCUT2D eigenvalue weighted by atomic mass is 15.2. The predicted molar refractivity (Wildman–Crippen MR) is 74.7 cm³/mol. The molecule has 0 radical (unpaired) electrons. The molecule has 1 saturated carbocycles. The first-order chi connectivity index (χ1) is 8.83. The van der Waals surface area contributed by atoms with E-state index < -0.39 is 0 Å². The maximum absolute atomic E-state index is 4.61. The van der Waals surface area contributed by atoms with Gasteiger partial charge in [0.05, 0.1) is 0 Å². The van der Waals surface area contributed by atoms with Crippen LogP contribution in [0.4, 0.5) is 5.82 Å². The molecule has 2 fully saturated rings. The molecular weight excluding hydrogens is 222 g/mol. The van der Waals surface area contributed by atoms with E-state index in [1.165, 1.54) is 37.1 Å². The summed E-state index contributed by atoms with van der Waals surface area (Å²) in [6.45, 7) is 5.65. The third-order valence-electron chi connectivity index (χ3n) is 4.11. The van der Waals surface area contributed by atoms with Gasteiger partial charge in [-0.1, -0.05) is 13.0 Å². The molecule has 1 aromatic heterocycles. The van der Waals surface area contributed by atoms with Crippen LogP contribution in [0.1, 0.15) is 38.2 Å². The topological polar surface area (TPSA) is 28.2 Å². The smallest absolute Gasteiger partial charge is 0.133 e. The first-order valence-corrected chi connectivity index (χ1v) is 7.25. The monoisotopic (exact) mass is 245 g/mol. The summed E-state index contributed by atoms with van der Waals surface area (Å²) in [5.74, 6) is 2.08. The normalized spacial score (nSPS) is 21.3. The molecular formula is C15H23N3. The van der Waals surface area contributed by atoms with Gasteiger partial charge in [-0.2, -0.15) is 0 Å². The van der Waals surface area contributed by atoms with Crippen LogP contribution in [0.5, 0.6) is 0 Å². The molecule has 0 amide bonds. The van der Waals surface area contributed by atoms with Crippen molar-refractivity contribution in [3.05, 3.63) is 23.9 Å². The summed E-state index contributed by atoms with van der Waals surface area (Å²) in [5, 5.41) is 3.59. The predicted octanol–water partition coefficient (Wildman–Crippen LogP) is 2.57. The number of pyridine rings is 1. The van der Waals surface area contributed by atoms with Gasteiger partial charge < -0.3 is 10.2 Å². The largest absolute Gasteiger partial charge is 0.356 e. The average molecular weight is 245 g/mol. The summed E-state index contributed by atoms with van der Waals surface area (Å²) < 4.78 is 0. The lowest BCUT2D eigenvalue weighted by Gasteiger charge is -2.32. The van der Waals surface area contributed by atoms with Gasteiger partial charge >= 0.3 is 0 Å². The molecule has 2 aliphatic rings. The summed E-state index contributed by atoms with van der Waals surface area (Å²) in [5.41, 5.74) is 1.36.